The first-order chi connectivity index (χ1) is 11.6. The second-order valence-electron chi connectivity index (χ2n) is 5.57. The quantitative estimate of drug-likeness (QED) is 0.716. The van der Waals surface area contributed by atoms with Crippen LogP contribution in [0, 0.1) is 0 Å². The van der Waals surface area contributed by atoms with Crippen LogP contribution in [0.5, 0.6) is 0 Å². The molecule has 1 aromatic heterocycles. The summed E-state index contributed by atoms with van der Waals surface area (Å²) in [5, 5.41) is 3.68. The van der Waals surface area contributed by atoms with Gasteiger partial charge in [0.1, 0.15) is 0 Å². The maximum atomic E-state index is 12.2. The van der Waals surface area contributed by atoms with Gasteiger partial charge in [0.15, 0.2) is 0 Å². The summed E-state index contributed by atoms with van der Waals surface area (Å²) < 4.78 is 2.13. The Kier molecular flexibility index (Phi) is 5.07. The van der Waals surface area contributed by atoms with Crippen molar-refractivity contribution in [2.75, 3.05) is 0 Å². The zero-order valence-electron chi connectivity index (χ0n) is 13.2. The Morgan fingerprint density at radius 3 is 2.75 bits per heavy atom. The van der Waals surface area contributed by atoms with Crippen molar-refractivity contribution >= 4 is 40.1 Å². The molecule has 1 amide bonds. The van der Waals surface area contributed by atoms with E-state index >= 15 is 0 Å². The molecule has 0 radical (unpaired) electrons. The second kappa shape index (κ2) is 7.24. The highest BCUT2D eigenvalue weighted by Crippen LogP contribution is 2.22. The number of hydrogen-bond donors (Lipinski definition) is 1. The highest BCUT2D eigenvalue weighted by atomic mass is 35.5. The number of amides is 1. The maximum Gasteiger partial charge on any atom is 0.251 e. The van der Waals surface area contributed by atoms with E-state index in [9.17, 15) is 4.79 Å². The van der Waals surface area contributed by atoms with Gasteiger partial charge in [0.2, 0.25) is 0 Å². The molecule has 3 rings (SSSR count). The predicted molar refractivity (Wildman–Crippen MR) is 97.7 cm³/mol. The number of imidazole rings is 1. The zero-order valence-corrected chi connectivity index (χ0v) is 14.7. The molecule has 0 fully saturated rings. The number of benzene rings is 2. The first kappa shape index (κ1) is 16.8. The molecule has 1 N–H and O–H groups in total. The summed E-state index contributed by atoms with van der Waals surface area (Å²) in [4.78, 5) is 16.6. The first-order valence-corrected chi connectivity index (χ1v) is 8.51. The van der Waals surface area contributed by atoms with E-state index in [1.165, 1.54) is 0 Å². The van der Waals surface area contributed by atoms with Crippen molar-refractivity contribution in [2.45, 2.75) is 26.4 Å². The molecule has 4 nitrogen and oxygen atoms in total. The molecule has 124 valence electrons. The minimum absolute atomic E-state index is 0.190. The number of carbonyl (C=O) groups is 1. The lowest BCUT2D eigenvalue weighted by Crippen LogP contribution is -2.22. The van der Waals surface area contributed by atoms with Gasteiger partial charge in [-0.05, 0) is 42.3 Å². The van der Waals surface area contributed by atoms with Crippen molar-refractivity contribution in [3.63, 3.8) is 0 Å². The van der Waals surface area contributed by atoms with Gasteiger partial charge in [-0.25, -0.2) is 4.98 Å². The van der Waals surface area contributed by atoms with Crippen LogP contribution in [-0.2, 0) is 13.1 Å². The normalized spacial score (nSPS) is 11.0. The van der Waals surface area contributed by atoms with Crippen molar-refractivity contribution in [1.82, 2.24) is 14.9 Å². The van der Waals surface area contributed by atoms with E-state index < -0.39 is 0 Å². The van der Waals surface area contributed by atoms with Gasteiger partial charge in [0, 0.05) is 18.7 Å². The largest absolute Gasteiger partial charge is 0.348 e. The van der Waals surface area contributed by atoms with Gasteiger partial charge < -0.3 is 9.88 Å². The van der Waals surface area contributed by atoms with E-state index in [0.717, 1.165) is 29.6 Å². The van der Waals surface area contributed by atoms with Crippen LogP contribution in [0.2, 0.25) is 10.0 Å². The Hall–Kier alpha value is -2.04. The Morgan fingerprint density at radius 1 is 1.17 bits per heavy atom. The van der Waals surface area contributed by atoms with E-state index in [2.05, 4.69) is 21.8 Å². The highest BCUT2D eigenvalue weighted by Gasteiger charge is 2.09. The van der Waals surface area contributed by atoms with E-state index in [1.807, 2.05) is 24.5 Å². The summed E-state index contributed by atoms with van der Waals surface area (Å²) in [5.41, 5.74) is 3.52. The molecule has 0 aliphatic rings. The SMILES string of the molecule is CCCn1cnc2cc(CNC(=O)c3ccc(Cl)c(Cl)c3)ccc21. The molecule has 1 heterocycles. The minimum Gasteiger partial charge on any atom is -0.348 e. The zero-order chi connectivity index (χ0) is 17.1. The van der Waals surface area contributed by atoms with Crippen molar-refractivity contribution in [2.24, 2.45) is 0 Å². The lowest BCUT2D eigenvalue weighted by atomic mass is 10.1. The number of halogens is 2. The van der Waals surface area contributed by atoms with Crippen LogP contribution in [0.15, 0.2) is 42.7 Å². The Bertz CT molecular complexity index is 889. The molecule has 0 bridgehead atoms. The van der Waals surface area contributed by atoms with Gasteiger partial charge in [-0.15, -0.1) is 0 Å². The molecule has 0 saturated heterocycles. The average Bonchev–Trinajstić information content (AvgIpc) is 2.98. The molecule has 0 unspecified atom stereocenters. The molecule has 0 spiro atoms. The number of rotatable bonds is 5. The molecule has 24 heavy (non-hydrogen) atoms. The standard InChI is InChI=1S/C18H17Cl2N3O/c1-2-7-23-11-22-16-8-12(3-6-17(16)23)10-21-18(24)13-4-5-14(19)15(20)9-13/h3-6,8-9,11H,2,7,10H2,1H3,(H,21,24). The Balaban J connectivity index is 1.70. The maximum absolute atomic E-state index is 12.2. The monoisotopic (exact) mass is 361 g/mol. The molecule has 6 heteroatoms. The summed E-state index contributed by atoms with van der Waals surface area (Å²) >= 11 is 11.8. The summed E-state index contributed by atoms with van der Waals surface area (Å²) in [5.74, 6) is -0.190. The van der Waals surface area contributed by atoms with Crippen LogP contribution in [0.3, 0.4) is 0 Å². The lowest BCUT2D eigenvalue weighted by molar-refractivity contribution is 0.0951. The molecule has 0 aliphatic heterocycles. The summed E-state index contributed by atoms with van der Waals surface area (Å²) in [7, 11) is 0. The van der Waals surface area contributed by atoms with E-state index in [1.54, 1.807) is 18.2 Å². The summed E-state index contributed by atoms with van der Waals surface area (Å²) in [6.07, 6.45) is 2.92. The van der Waals surface area contributed by atoms with Gasteiger partial charge in [-0.3, -0.25) is 4.79 Å². The summed E-state index contributed by atoms with van der Waals surface area (Å²) in [6, 6.07) is 10.9. The number of aryl methyl sites for hydroxylation is 1. The van der Waals surface area contributed by atoms with Gasteiger partial charge in [-0.1, -0.05) is 36.2 Å². The number of hydrogen-bond acceptors (Lipinski definition) is 2. The molecular weight excluding hydrogens is 345 g/mol. The topological polar surface area (TPSA) is 46.9 Å². The fourth-order valence-electron chi connectivity index (χ4n) is 2.56. The average molecular weight is 362 g/mol. The van der Waals surface area contributed by atoms with Crippen LogP contribution < -0.4 is 5.32 Å². The van der Waals surface area contributed by atoms with Gasteiger partial charge in [0.05, 0.1) is 27.4 Å². The number of nitrogens with zero attached hydrogens (tertiary/aromatic N) is 2. The third kappa shape index (κ3) is 3.55. The Labute approximate surface area is 150 Å². The molecule has 0 saturated carbocycles. The van der Waals surface area contributed by atoms with E-state index in [-0.39, 0.29) is 5.91 Å². The molecule has 3 aromatic rings. The van der Waals surface area contributed by atoms with Crippen molar-refractivity contribution < 1.29 is 4.79 Å². The van der Waals surface area contributed by atoms with Gasteiger partial charge in [-0.2, -0.15) is 0 Å². The number of aromatic nitrogens is 2. The smallest absolute Gasteiger partial charge is 0.251 e. The van der Waals surface area contributed by atoms with E-state index in [0.29, 0.717) is 22.2 Å². The molecular formula is C18H17Cl2N3O. The fourth-order valence-corrected chi connectivity index (χ4v) is 2.86. The van der Waals surface area contributed by atoms with E-state index in [4.69, 9.17) is 23.2 Å². The van der Waals surface area contributed by atoms with Crippen LogP contribution in [0.4, 0.5) is 0 Å². The number of fused-ring (bicyclic) bond motifs is 1. The molecule has 0 atom stereocenters. The van der Waals surface area contributed by atoms with Crippen LogP contribution in [0.25, 0.3) is 11.0 Å². The number of carbonyl (C=O) groups excluding carboxylic acids is 1. The summed E-state index contributed by atoms with van der Waals surface area (Å²) in [6.45, 7) is 3.51. The molecule has 0 aliphatic carbocycles. The Morgan fingerprint density at radius 2 is 2.00 bits per heavy atom. The van der Waals surface area contributed by atoms with Crippen molar-refractivity contribution in [1.29, 1.82) is 0 Å². The highest BCUT2D eigenvalue weighted by molar-refractivity contribution is 6.42. The third-order valence-corrected chi connectivity index (χ3v) is 4.52. The molecule has 2 aromatic carbocycles. The van der Waals surface area contributed by atoms with Crippen LogP contribution >= 0.6 is 23.2 Å². The predicted octanol–water partition coefficient (Wildman–Crippen LogP) is 4.68. The fraction of sp³-hybridized carbons (Fsp3) is 0.222. The number of nitrogens with one attached hydrogen (secondary N) is 1. The van der Waals surface area contributed by atoms with Gasteiger partial charge >= 0.3 is 0 Å². The van der Waals surface area contributed by atoms with Gasteiger partial charge in [0.25, 0.3) is 5.91 Å². The van der Waals surface area contributed by atoms with Crippen LogP contribution in [-0.4, -0.2) is 15.5 Å². The lowest BCUT2D eigenvalue weighted by Gasteiger charge is -2.07. The minimum atomic E-state index is -0.190. The third-order valence-electron chi connectivity index (χ3n) is 3.78. The van der Waals surface area contributed by atoms with Crippen molar-refractivity contribution in [3.8, 4) is 0 Å². The van der Waals surface area contributed by atoms with Crippen molar-refractivity contribution in [3.05, 3.63) is 63.9 Å². The second-order valence-corrected chi connectivity index (χ2v) is 6.39. The van der Waals surface area contributed by atoms with Crippen LogP contribution in [0.1, 0.15) is 29.3 Å². The first-order valence-electron chi connectivity index (χ1n) is 7.75.